The van der Waals surface area contributed by atoms with Gasteiger partial charge >= 0.3 is 5.97 Å². The van der Waals surface area contributed by atoms with Crippen LogP contribution in [-0.4, -0.2) is 60.9 Å². The normalized spacial score (nSPS) is 40.9. The van der Waals surface area contributed by atoms with E-state index in [2.05, 4.69) is 0 Å². The predicted molar refractivity (Wildman–Crippen MR) is 80.5 cm³/mol. The molecule has 0 radical (unpaired) electrons. The van der Waals surface area contributed by atoms with Crippen molar-refractivity contribution >= 4 is 11.9 Å². The van der Waals surface area contributed by atoms with Gasteiger partial charge in [0.25, 0.3) is 0 Å². The smallest absolute Gasteiger partial charge is 0.312 e. The average molecular weight is 321 g/mol. The van der Waals surface area contributed by atoms with E-state index >= 15 is 0 Å². The van der Waals surface area contributed by atoms with E-state index in [4.69, 9.17) is 14.2 Å². The topological polar surface area (TPSA) is 65.1 Å². The number of carbonyl (C=O) groups is 2. The number of hydrogen-bond acceptors (Lipinski definition) is 5. The first-order valence-corrected chi connectivity index (χ1v) is 8.59. The van der Waals surface area contributed by atoms with Crippen LogP contribution in [0, 0.1) is 11.8 Å². The number of rotatable bonds is 5. The zero-order valence-electron chi connectivity index (χ0n) is 13.4. The molecule has 0 unspecified atom stereocenters. The molecule has 0 saturated carbocycles. The number of esters is 1. The summed E-state index contributed by atoms with van der Waals surface area (Å²) >= 11 is 0. The largest absolute Gasteiger partial charge is 0.465 e. The van der Waals surface area contributed by atoms with Crippen molar-refractivity contribution in [2.24, 2.45) is 11.8 Å². The molecular formula is C17H23NO5. The Balaban J connectivity index is 1.52. The number of likely N-dealkylation sites (tertiary alicyclic amines) is 1. The van der Waals surface area contributed by atoms with Gasteiger partial charge in [-0.05, 0) is 19.3 Å². The molecule has 4 aliphatic heterocycles. The Morgan fingerprint density at radius 1 is 1.52 bits per heavy atom. The van der Waals surface area contributed by atoms with Crippen LogP contribution in [-0.2, 0) is 23.8 Å². The monoisotopic (exact) mass is 321 g/mol. The standard InChI is InChI=1S/C17H23NO5/c1-2-7-22-16(20)13-12-5-6-17(23-12)10-18(15(19)14(13)17)9-11-4-3-8-21-11/h5-6,11-14H,2-4,7-10H2,1H3/t11-,12-,13-,14-,17-/m0/s1. The van der Waals surface area contributed by atoms with E-state index in [1.165, 1.54) is 0 Å². The third-order valence-electron chi connectivity index (χ3n) is 5.35. The maximum atomic E-state index is 12.9. The van der Waals surface area contributed by atoms with Gasteiger partial charge in [-0.3, -0.25) is 9.59 Å². The van der Waals surface area contributed by atoms with Gasteiger partial charge in [0.05, 0.1) is 31.3 Å². The Morgan fingerprint density at radius 2 is 2.39 bits per heavy atom. The summed E-state index contributed by atoms with van der Waals surface area (Å²) in [5, 5.41) is 0. The minimum atomic E-state index is -0.643. The Morgan fingerprint density at radius 3 is 3.13 bits per heavy atom. The molecule has 4 aliphatic rings. The lowest BCUT2D eigenvalue weighted by Crippen LogP contribution is -2.40. The quantitative estimate of drug-likeness (QED) is 0.556. The molecule has 1 spiro atoms. The van der Waals surface area contributed by atoms with E-state index in [1.807, 2.05) is 24.0 Å². The van der Waals surface area contributed by atoms with Gasteiger partial charge in [0.15, 0.2) is 0 Å². The Labute approximate surface area is 135 Å². The molecule has 0 aromatic carbocycles. The molecule has 0 aliphatic carbocycles. The van der Waals surface area contributed by atoms with Crippen LogP contribution in [0.15, 0.2) is 12.2 Å². The van der Waals surface area contributed by atoms with Gasteiger partial charge in [0.1, 0.15) is 11.5 Å². The number of hydrogen-bond donors (Lipinski definition) is 0. The molecule has 4 heterocycles. The fourth-order valence-electron chi connectivity index (χ4n) is 4.33. The van der Waals surface area contributed by atoms with E-state index in [-0.39, 0.29) is 24.1 Å². The molecule has 5 atom stereocenters. The Kier molecular flexibility index (Phi) is 3.69. The van der Waals surface area contributed by atoms with Crippen molar-refractivity contribution in [3.8, 4) is 0 Å². The second kappa shape index (κ2) is 5.60. The van der Waals surface area contributed by atoms with Crippen LogP contribution in [0.3, 0.4) is 0 Å². The van der Waals surface area contributed by atoms with Gasteiger partial charge in [-0.2, -0.15) is 0 Å². The van der Waals surface area contributed by atoms with Crippen LogP contribution in [0.1, 0.15) is 26.2 Å². The molecule has 6 heteroatoms. The summed E-state index contributed by atoms with van der Waals surface area (Å²) in [4.78, 5) is 27.1. The lowest BCUT2D eigenvalue weighted by atomic mass is 9.77. The maximum Gasteiger partial charge on any atom is 0.312 e. The SMILES string of the molecule is CCCOC(=O)[C@H]1[C@@H]2C=C[C@@]3(CN(C[C@@H]4CCCO4)C(=O)[C@H]13)O2. The van der Waals surface area contributed by atoms with E-state index in [1.54, 1.807) is 0 Å². The van der Waals surface area contributed by atoms with Crippen LogP contribution in [0.5, 0.6) is 0 Å². The highest BCUT2D eigenvalue weighted by Gasteiger charge is 2.67. The lowest BCUT2D eigenvalue weighted by molar-refractivity contribution is -0.154. The first kappa shape index (κ1) is 15.1. The molecular weight excluding hydrogens is 298 g/mol. The van der Waals surface area contributed by atoms with Crippen molar-refractivity contribution in [3.63, 3.8) is 0 Å². The average Bonchev–Trinajstić information content (AvgIpc) is 3.28. The minimum absolute atomic E-state index is 0.00537. The van der Waals surface area contributed by atoms with Crippen LogP contribution < -0.4 is 0 Å². The van der Waals surface area contributed by atoms with E-state index in [9.17, 15) is 9.59 Å². The van der Waals surface area contributed by atoms with Crippen molar-refractivity contribution in [1.82, 2.24) is 4.90 Å². The fraction of sp³-hybridized carbons (Fsp3) is 0.765. The molecule has 0 aromatic rings. The van der Waals surface area contributed by atoms with Crippen molar-refractivity contribution < 1.29 is 23.8 Å². The number of amides is 1. The molecule has 1 amide bonds. The summed E-state index contributed by atoms with van der Waals surface area (Å²) in [5.74, 6) is -1.25. The second-order valence-corrected chi connectivity index (χ2v) is 6.92. The highest BCUT2D eigenvalue weighted by molar-refractivity contribution is 5.91. The van der Waals surface area contributed by atoms with Gasteiger partial charge < -0.3 is 19.1 Å². The molecule has 3 fully saturated rings. The van der Waals surface area contributed by atoms with Gasteiger partial charge in [0, 0.05) is 13.2 Å². The van der Waals surface area contributed by atoms with Crippen LogP contribution in [0.2, 0.25) is 0 Å². The van der Waals surface area contributed by atoms with E-state index in [0.29, 0.717) is 19.7 Å². The minimum Gasteiger partial charge on any atom is -0.465 e. The molecule has 0 N–H and O–H groups in total. The van der Waals surface area contributed by atoms with Crippen LogP contribution in [0.25, 0.3) is 0 Å². The van der Waals surface area contributed by atoms with Crippen molar-refractivity contribution in [2.75, 3.05) is 26.3 Å². The van der Waals surface area contributed by atoms with Crippen LogP contribution in [0.4, 0.5) is 0 Å². The van der Waals surface area contributed by atoms with Gasteiger partial charge in [0.2, 0.25) is 5.91 Å². The summed E-state index contributed by atoms with van der Waals surface area (Å²) < 4.78 is 17.0. The molecule has 0 aromatic heterocycles. The molecule has 2 bridgehead atoms. The molecule has 126 valence electrons. The highest BCUT2D eigenvalue weighted by Crippen LogP contribution is 2.52. The molecule has 4 rings (SSSR count). The van der Waals surface area contributed by atoms with Crippen molar-refractivity contribution in [1.29, 1.82) is 0 Å². The summed E-state index contributed by atoms with van der Waals surface area (Å²) in [6.45, 7) is 4.22. The summed E-state index contributed by atoms with van der Waals surface area (Å²) in [5.41, 5.74) is -0.643. The molecule has 23 heavy (non-hydrogen) atoms. The number of nitrogens with zero attached hydrogens (tertiary/aromatic N) is 1. The molecule has 3 saturated heterocycles. The van der Waals surface area contributed by atoms with Gasteiger partial charge in [-0.25, -0.2) is 0 Å². The zero-order valence-corrected chi connectivity index (χ0v) is 13.4. The van der Waals surface area contributed by atoms with Gasteiger partial charge in [-0.1, -0.05) is 19.1 Å². The third kappa shape index (κ3) is 2.31. The molecule has 6 nitrogen and oxygen atoms in total. The first-order chi connectivity index (χ1) is 11.1. The first-order valence-electron chi connectivity index (χ1n) is 8.59. The Hall–Kier alpha value is -1.40. The van der Waals surface area contributed by atoms with E-state index < -0.39 is 17.4 Å². The van der Waals surface area contributed by atoms with Gasteiger partial charge in [-0.15, -0.1) is 0 Å². The lowest BCUT2D eigenvalue weighted by Gasteiger charge is -2.23. The fourth-order valence-corrected chi connectivity index (χ4v) is 4.33. The second-order valence-electron chi connectivity index (χ2n) is 6.92. The summed E-state index contributed by atoms with van der Waals surface area (Å²) in [7, 11) is 0. The summed E-state index contributed by atoms with van der Waals surface area (Å²) in [6.07, 6.45) is 6.48. The number of carbonyl (C=O) groups excluding carboxylic acids is 2. The van der Waals surface area contributed by atoms with E-state index in [0.717, 1.165) is 25.9 Å². The number of ether oxygens (including phenoxy) is 3. The third-order valence-corrected chi connectivity index (χ3v) is 5.35. The van der Waals surface area contributed by atoms with Crippen molar-refractivity contribution in [2.45, 2.75) is 44.0 Å². The Bertz CT molecular complexity index is 541. The summed E-state index contributed by atoms with van der Waals surface area (Å²) in [6, 6.07) is 0. The predicted octanol–water partition coefficient (Wildman–Crippen LogP) is 0.901. The highest BCUT2D eigenvalue weighted by atomic mass is 16.6. The van der Waals surface area contributed by atoms with Crippen molar-refractivity contribution in [3.05, 3.63) is 12.2 Å². The number of fused-ring (bicyclic) bond motifs is 1. The van der Waals surface area contributed by atoms with Crippen LogP contribution >= 0.6 is 0 Å². The maximum absolute atomic E-state index is 12.9. The zero-order chi connectivity index (χ0) is 16.0.